The van der Waals surface area contributed by atoms with E-state index in [1.165, 1.54) is 11.6 Å². The molecule has 1 heterocycles. The summed E-state index contributed by atoms with van der Waals surface area (Å²) in [5, 5.41) is 9.00. The number of methoxy groups -OCH3 is 1. The van der Waals surface area contributed by atoms with Gasteiger partial charge in [0.25, 0.3) is 0 Å². The van der Waals surface area contributed by atoms with E-state index in [1.807, 2.05) is 18.2 Å². The van der Waals surface area contributed by atoms with E-state index in [4.69, 9.17) is 14.6 Å². The van der Waals surface area contributed by atoms with Gasteiger partial charge in [0.1, 0.15) is 5.75 Å². The largest absolute Gasteiger partial charge is 0.493 e. The summed E-state index contributed by atoms with van der Waals surface area (Å²) >= 11 is 0. The van der Waals surface area contributed by atoms with Gasteiger partial charge in [-0.05, 0) is 29.3 Å². The van der Waals surface area contributed by atoms with Crippen molar-refractivity contribution < 1.29 is 19.4 Å². The van der Waals surface area contributed by atoms with E-state index in [-0.39, 0.29) is 12.5 Å². The first-order valence-corrected chi connectivity index (χ1v) is 7.07. The van der Waals surface area contributed by atoms with Crippen LogP contribution in [0, 0.1) is 0 Å². The Kier molecular flexibility index (Phi) is 5.78. The lowest BCUT2D eigenvalue weighted by molar-refractivity contribution is -0.127. The van der Waals surface area contributed by atoms with Gasteiger partial charge in [-0.2, -0.15) is 0 Å². The molecule has 1 aliphatic heterocycles. The number of rotatable bonds is 7. The predicted octanol–water partition coefficient (Wildman–Crippen LogP) is 1.10. The number of carbonyl (C=O) groups excluding carboxylic acids is 1. The number of carbonyl (C=O) groups is 1. The maximum atomic E-state index is 12.1. The van der Waals surface area contributed by atoms with Crippen LogP contribution in [0.5, 0.6) is 5.75 Å². The third kappa shape index (κ3) is 4.31. The topological polar surface area (TPSA) is 59.0 Å². The van der Waals surface area contributed by atoms with Gasteiger partial charge in [0, 0.05) is 32.7 Å². The molecule has 1 aromatic carbocycles. The molecule has 1 N–H and O–H groups in total. The van der Waals surface area contributed by atoms with E-state index in [9.17, 15) is 4.79 Å². The highest BCUT2D eigenvalue weighted by Gasteiger charge is 2.12. The van der Waals surface area contributed by atoms with Gasteiger partial charge in [-0.3, -0.25) is 4.79 Å². The monoisotopic (exact) mass is 291 g/mol. The molecule has 5 heteroatoms. The lowest BCUT2D eigenvalue weighted by atomic mass is 10.1. The second kappa shape index (κ2) is 7.81. The molecule has 2 rings (SSSR count). The minimum atomic E-state index is -0.127. The van der Waals surface area contributed by atoms with Gasteiger partial charge in [0.05, 0.1) is 19.8 Å². The fourth-order valence-corrected chi connectivity index (χ4v) is 2.24. The summed E-state index contributed by atoms with van der Waals surface area (Å²) in [4.78, 5) is 13.7. The van der Waals surface area contributed by atoms with Crippen molar-refractivity contribution in [1.82, 2.24) is 4.90 Å². The Bertz CT molecular complexity index is 513. The lowest BCUT2D eigenvalue weighted by Crippen LogP contribution is -2.34. The first-order valence-electron chi connectivity index (χ1n) is 7.07. The molecular formula is C16H21NO4. The summed E-state index contributed by atoms with van der Waals surface area (Å²) < 4.78 is 10.4. The molecule has 0 saturated carbocycles. The van der Waals surface area contributed by atoms with Crippen molar-refractivity contribution in [3.63, 3.8) is 0 Å². The first-order chi connectivity index (χ1) is 10.2. The summed E-state index contributed by atoms with van der Waals surface area (Å²) in [6.45, 7) is 1.90. The van der Waals surface area contributed by atoms with Crippen LogP contribution in [0.3, 0.4) is 0 Å². The van der Waals surface area contributed by atoms with Gasteiger partial charge >= 0.3 is 0 Å². The molecule has 0 spiro atoms. The zero-order valence-electron chi connectivity index (χ0n) is 12.2. The number of aliphatic hydroxyl groups excluding tert-OH is 1. The summed E-state index contributed by atoms with van der Waals surface area (Å²) in [6, 6.07) is 5.90. The molecular weight excluding hydrogens is 270 g/mol. The van der Waals surface area contributed by atoms with Crippen molar-refractivity contribution in [3.05, 3.63) is 35.4 Å². The molecule has 0 radical (unpaired) electrons. The Hall–Kier alpha value is -1.85. The van der Waals surface area contributed by atoms with Crippen molar-refractivity contribution in [2.75, 3.05) is 40.0 Å². The van der Waals surface area contributed by atoms with Crippen molar-refractivity contribution in [3.8, 4) is 5.75 Å². The predicted molar refractivity (Wildman–Crippen MR) is 80.2 cm³/mol. The van der Waals surface area contributed by atoms with E-state index in [2.05, 4.69) is 0 Å². The number of aliphatic hydroxyl groups is 1. The maximum Gasteiger partial charge on any atom is 0.246 e. The number of benzene rings is 1. The molecule has 0 aromatic heterocycles. The zero-order chi connectivity index (χ0) is 15.1. The highest BCUT2D eigenvalue weighted by molar-refractivity contribution is 5.91. The minimum absolute atomic E-state index is 0.0561. The molecule has 21 heavy (non-hydrogen) atoms. The van der Waals surface area contributed by atoms with Crippen molar-refractivity contribution >= 4 is 12.0 Å². The highest BCUT2D eigenvalue weighted by atomic mass is 16.5. The number of amides is 1. The van der Waals surface area contributed by atoms with Crippen LogP contribution in [-0.2, 0) is 16.0 Å². The quantitative estimate of drug-likeness (QED) is 0.764. The second-order valence-corrected chi connectivity index (χ2v) is 4.84. The standard InChI is InChI=1S/C16H21NO4/c1-20-11-8-17(7-9-18)16(19)5-3-13-2-4-15-14(12-13)6-10-21-15/h2-5,12,18H,6-11H2,1H3/b5-3+. The van der Waals surface area contributed by atoms with Gasteiger partial charge < -0.3 is 19.5 Å². The Morgan fingerprint density at radius 1 is 1.48 bits per heavy atom. The summed E-state index contributed by atoms with van der Waals surface area (Å²) in [5.41, 5.74) is 2.15. The number of hydrogen-bond donors (Lipinski definition) is 1. The first kappa shape index (κ1) is 15.5. The second-order valence-electron chi connectivity index (χ2n) is 4.84. The van der Waals surface area contributed by atoms with Crippen molar-refractivity contribution in [1.29, 1.82) is 0 Å². The maximum absolute atomic E-state index is 12.1. The van der Waals surface area contributed by atoms with Gasteiger partial charge in [-0.1, -0.05) is 6.07 Å². The van der Waals surface area contributed by atoms with E-state index >= 15 is 0 Å². The molecule has 1 aliphatic rings. The van der Waals surface area contributed by atoms with E-state index in [1.54, 1.807) is 18.1 Å². The van der Waals surface area contributed by atoms with Gasteiger partial charge in [0.2, 0.25) is 5.91 Å². The van der Waals surface area contributed by atoms with E-state index in [0.717, 1.165) is 24.3 Å². The summed E-state index contributed by atoms with van der Waals surface area (Å²) in [6.07, 6.45) is 4.23. The third-order valence-corrected chi connectivity index (χ3v) is 3.38. The van der Waals surface area contributed by atoms with E-state index in [0.29, 0.717) is 19.7 Å². The van der Waals surface area contributed by atoms with Crippen LogP contribution in [0.1, 0.15) is 11.1 Å². The van der Waals surface area contributed by atoms with Crippen LogP contribution in [0.15, 0.2) is 24.3 Å². The number of fused-ring (bicyclic) bond motifs is 1. The number of ether oxygens (including phenoxy) is 2. The average molecular weight is 291 g/mol. The summed E-state index contributed by atoms with van der Waals surface area (Å²) in [7, 11) is 1.59. The average Bonchev–Trinajstić information content (AvgIpc) is 2.96. The Morgan fingerprint density at radius 2 is 2.33 bits per heavy atom. The minimum Gasteiger partial charge on any atom is -0.493 e. The van der Waals surface area contributed by atoms with Crippen LogP contribution < -0.4 is 4.74 Å². The molecule has 1 amide bonds. The normalized spacial score (nSPS) is 13.2. The smallest absolute Gasteiger partial charge is 0.246 e. The van der Waals surface area contributed by atoms with Crippen LogP contribution in [-0.4, -0.2) is 55.9 Å². The number of hydrogen-bond acceptors (Lipinski definition) is 4. The third-order valence-electron chi connectivity index (χ3n) is 3.38. The molecule has 0 atom stereocenters. The molecule has 0 unspecified atom stereocenters. The van der Waals surface area contributed by atoms with Crippen LogP contribution in [0.2, 0.25) is 0 Å². The highest BCUT2D eigenvalue weighted by Crippen LogP contribution is 2.26. The van der Waals surface area contributed by atoms with Gasteiger partial charge in [-0.25, -0.2) is 0 Å². The SMILES string of the molecule is COCCN(CCO)C(=O)/C=C/c1ccc2c(c1)CCO2. The molecule has 0 saturated heterocycles. The molecule has 0 aliphatic carbocycles. The van der Waals surface area contributed by atoms with E-state index < -0.39 is 0 Å². The van der Waals surface area contributed by atoms with Crippen LogP contribution >= 0.6 is 0 Å². The molecule has 1 aromatic rings. The van der Waals surface area contributed by atoms with Crippen molar-refractivity contribution in [2.24, 2.45) is 0 Å². The number of nitrogens with zero attached hydrogens (tertiary/aromatic N) is 1. The molecule has 5 nitrogen and oxygen atoms in total. The lowest BCUT2D eigenvalue weighted by Gasteiger charge is -2.19. The van der Waals surface area contributed by atoms with Gasteiger partial charge in [-0.15, -0.1) is 0 Å². The molecule has 114 valence electrons. The Morgan fingerprint density at radius 3 is 3.10 bits per heavy atom. The van der Waals surface area contributed by atoms with Crippen molar-refractivity contribution in [2.45, 2.75) is 6.42 Å². The Balaban J connectivity index is 1.99. The fraction of sp³-hybridized carbons (Fsp3) is 0.438. The summed E-state index contributed by atoms with van der Waals surface area (Å²) in [5.74, 6) is 0.804. The van der Waals surface area contributed by atoms with Crippen LogP contribution in [0.4, 0.5) is 0 Å². The van der Waals surface area contributed by atoms with Crippen LogP contribution in [0.25, 0.3) is 6.08 Å². The Labute approximate surface area is 124 Å². The fourth-order valence-electron chi connectivity index (χ4n) is 2.24. The molecule has 0 bridgehead atoms. The van der Waals surface area contributed by atoms with Gasteiger partial charge in [0.15, 0.2) is 0 Å². The molecule has 0 fully saturated rings. The zero-order valence-corrected chi connectivity index (χ0v) is 12.2.